The maximum absolute atomic E-state index is 12.7. The summed E-state index contributed by atoms with van der Waals surface area (Å²) in [6.45, 7) is 1.87. The Morgan fingerprint density at radius 1 is 1.24 bits per heavy atom. The Morgan fingerprint density at radius 3 is 2.68 bits per heavy atom. The molecule has 25 heavy (non-hydrogen) atoms. The molecule has 0 bridgehead atoms. The molecule has 1 aliphatic heterocycles. The number of piperazine rings is 1. The number of aryl methyl sites for hydroxylation is 1. The number of carbonyl (C=O) groups is 2. The lowest BCUT2D eigenvalue weighted by Gasteiger charge is -2.37. The van der Waals surface area contributed by atoms with E-state index < -0.39 is 12.1 Å². The molecule has 134 valence electrons. The highest BCUT2D eigenvalue weighted by Gasteiger charge is 2.39. The van der Waals surface area contributed by atoms with Crippen LogP contribution in [0.25, 0.3) is 10.9 Å². The van der Waals surface area contributed by atoms with Crippen molar-refractivity contribution in [2.45, 2.75) is 31.8 Å². The quantitative estimate of drug-likeness (QED) is 0.853. The molecule has 2 heterocycles. The van der Waals surface area contributed by atoms with Gasteiger partial charge in [-0.2, -0.15) is 0 Å². The van der Waals surface area contributed by atoms with Gasteiger partial charge in [-0.05, 0) is 24.0 Å². The molecule has 1 saturated heterocycles. The van der Waals surface area contributed by atoms with Gasteiger partial charge < -0.3 is 19.9 Å². The van der Waals surface area contributed by atoms with E-state index in [1.165, 1.54) is 4.90 Å². The molecule has 6 heteroatoms. The first-order valence-corrected chi connectivity index (χ1v) is 8.63. The predicted molar refractivity (Wildman–Crippen MR) is 96.0 cm³/mol. The van der Waals surface area contributed by atoms with Crippen LogP contribution in [-0.4, -0.2) is 52.1 Å². The van der Waals surface area contributed by atoms with Crippen LogP contribution in [0.1, 0.15) is 18.9 Å². The van der Waals surface area contributed by atoms with Gasteiger partial charge in [0.05, 0.1) is 0 Å². The normalized spacial score (nSPS) is 22.3. The van der Waals surface area contributed by atoms with E-state index >= 15 is 0 Å². The smallest absolute Gasteiger partial charge is 0.245 e. The average molecular weight is 343 g/mol. The standard InChI is InChI=1S/C19H25N3O3/c1-12(11-23)8-17-18(24)20-15(19(25)22(17)3)9-13-10-21(2)16-7-5-4-6-14(13)16/h4-7,10,12,15,17,23H,8-9,11H2,1-3H3,(H,20,24)/t12-,15+,17+/m1/s1. The van der Waals surface area contributed by atoms with Crippen LogP contribution in [0.15, 0.2) is 30.5 Å². The first-order chi connectivity index (χ1) is 11.9. The molecule has 6 nitrogen and oxygen atoms in total. The zero-order valence-corrected chi connectivity index (χ0v) is 14.9. The van der Waals surface area contributed by atoms with E-state index in [1.807, 2.05) is 49.0 Å². The van der Waals surface area contributed by atoms with Gasteiger partial charge in [-0.25, -0.2) is 0 Å². The minimum atomic E-state index is -0.552. The number of nitrogens with one attached hydrogen (secondary N) is 1. The van der Waals surface area contributed by atoms with Gasteiger partial charge in [0.15, 0.2) is 0 Å². The molecule has 3 rings (SSSR count). The summed E-state index contributed by atoms with van der Waals surface area (Å²) in [6.07, 6.45) is 2.95. The molecule has 2 N–H and O–H groups in total. The Labute approximate surface area is 147 Å². The molecule has 0 spiro atoms. The molecule has 1 aromatic heterocycles. The molecule has 1 aromatic carbocycles. The van der Waals surface area contributed by atoms with Crippen molar-refractivity contribution in [3.05, 3.63) is 36.0 Å². The van der Waals surface area contributed by atoms with Gasteiger partial charge in [-0.3, -0.25) is 9.59 Å². The Bertz CT molecular complexity index is 798. The van der Waals surface area contributed by atoms with Crippen LogP contribution in [0, 0.1) is 5.92 Å². The molecule has 1 fully saturated rings. The van der Waals surface area contributed by atoms with E-state index in [0.717, 1.165) is 16.5 Å². The number of aliphatic hydroxyl groups excluding tert-OH is 1. The van der Waals surface area contributed by atoms with Crippen molar-refractivity contribution in [1.82, 2.24) is 14.8 Å². The molecular weight excluding hydrogens is 318 g/mol. The maximum Gasteiger partial charge on any atom is 0.245 e. The summed E-state index contributed by atoms with van der Waals surface area (Å²) >= 11 is 0. The Hall–Kier alpha value is -2.34. The van der Waals surface area contributed by atoms with Gasteiger partial charge in [-0.1, -0.05) is 25.1 Å². The Balaban J connectivity index is 1.80. The van der Waals surface area contributed by atoms with Gasteiger partial charge in [0.25, 0.3) is 0 Å². The third kappa shape index (κ3) is 3.26. The SMILES string of the molecule is C[C@@H](CO)C[C@H]1C(=O)N[C@@H](Cc2cn(C)c3ccccc23)C(=O)N1C. The lowest BCUT2D eigenvalue weighted by Crippen LogP contribution is -2.62. The van der Waals surface area contributed by atoms with Crippen LogP contribution in [0.5, 0.6) is 0 Å². The Morgan fingerprint density at radius 2 is 1.96 bits per heavy atom. The summed E-state index contributed by atoms with van der Waals surface area (Å²) in [5.41, 5.74) is 2.16. The minimum Gasteiger partial charge on any atom is -0.396 e. The number of benzene rings is 1. The van der Waals surface area contributed by atoms with Crippen molar-refractivity contribution in [2.75, 3.05) is 13.7 Å². The van der Waals surface area contributed by atoms with Gasteiger partial charge in [0, 0.05) is 44.2 Å². The van der Waals surface area contributed by atoms with Crippen molar-refractivity contribution in [3.63, 3.8) is 0 Å². The molecule has 0 saturated carbocycles. The van der Waals surface area contributed by atoms with Crippen molar-refractivity contribution in [3.8, 4) is 0 Å². The molecule has 2 amide bonds. The molecular formula is C19H25N3O3. The van der Waals surface area contributed by atoms with Crippen LogP contribution in [0.2, 0.25) is 0 Å². The number of carbonyl (C=O) groups excluding carboxylic acids is 2. The van der Waals surface area contributed by atoms with E-state index in [0.29, 0.717) is 12.8 Å². The van der Waals surface area contributed by atoms with Gasteiger partial charge >= 0.3 is 0 Å². The van der Waals surface area contributed by atoms with Crippen LogP contribution in [0.4, 0.5) is 0 Å². The molecule has 0 aliphatic carbocycles. The Kier molecular flexibility index (Phi) is 4.81. The lowest BCUT2D eigenvalue weighted by atomic mass is 9.95. The van der Waals surface area contributed by atoms with E-state index in [9.17, 15) is 14.7 Å². The van der Waals surface area contributed by atoms with Crippen LogP contribution < -0.4 is 5.32 Å². The highest BCUT2D eigenvalue weighted by Crippen LogP contribution is 2.24. The summed E-state index contributed by atoms with van der Waals surface area (Å²) in [7, 11) is 3.65. The largest absolute Gasteiger partial charge is 0.396 e. The van der Waals surface area contributed by atoms with Crippen LogP contribution in [-0.2, 0) is 23.1 Å². The number of hydrogen-bond donors (Lipinski definition) is 2. The number of aliphatic hydroxyl groups is 1. The van der Waals surface area contributed by atoms with E-state index in [2.05, 4.69) is 5.32 Å². The maximum atomic E-state index is 12.7. The van der Waals surface area contributed by atoms with E-state index in [1.54, 1.807) is 7.05 Å². The van der Waals surface area contributed by atoms with Gasteiger partial charge in [0.1, 0.15) is 12.1 Å². The number of amides is 2. The molecule has 1 aliphatic rings. The summed E-state index contributed by atoms with van der Waals surface area (Å²) in [4.78, 5) is 26.7. The van der Waals surface area contributed by atoms with Gasteiger partial charge in [-0.15, -0.1) is 0 Å². The summed E-state index contributed by atoms with van der Waals surface area (Å²) in [5, 5.41) is 13.2. The molecule has 0 unspecified atom stereocenters. The van der Waals surface area contributed by atoms with E-state index in [-0.39, 0.29) is 24.3 Å². The number of likely N-dealkylation sites (N-methyl/N-ethyl adjacent to an activating group) is 1. The van der Waals surface area contributed by atoms with Crippen LogP contribution >= 0.6 is 0 Å². The number of fused-ring (bicyclic) bond motifs is 1. The first-order valence-electron chi connectivity index (χ1n) is 8.63. The second-order valence-corrected chi connectivity index (χ2v) is 7.04. The number of aromatic nitrogens is 1. The van der Waals surface area contributed by atoms with Crippen molar-refractivity contribution < 1.29 is 14.7 Å². The van der Waals surface area contributed by atoms with Crippen molar-refractivity contribution in [1.29, 1.82) is 0 Å². The van der Waals surface area contributed by atoms with E-state index in [4.69, 9.17) is 0 Å². The predicted octanol–water partition coefficient (Wildman–Crippen LogP) is 1.06. The summed E-state index contributed by atoms with van der Waals surface area (Å²) in [5.74, 6) is -0.254. The fourth-order valence-corrected chi connectivity index (χ4v) is 3.57. The lowest BCUT2D eigenvalue weighted by molar-refractivity contribution is -0.148. The number of hydrogen-bond acceptors (Lipinski definition) is 3. The fourth-order valence-electron chi connectivity index (χ4n) is 3.57. The summed E-state index contributed by atoms with van der Waals surface area (Å²) in [6, 6.07) is 6.97. The number of rotatable bonds is 5. The first kappa shape index (κ1) is 17.5. The highest BCUT2D eigenvalue weighted by molar-refractivity contribution is 5.97. The monoisotopic (exact) mass is 343 g/mol. The van der Waals surface area contributed by atoms with Crippen molar-refractivity contribution >= 4 is 22.7 Å². The zero-order chi connectivity index (χ0) is 18.1. The zero-order valence-electron chi connectivity index (χ0n) is 14.9. The number of nitrogens with zero attached hydrogens (tertiary/aromatic N) is 2. The minimum absolute atomic E-state index is 0.00520. The molecule has 0 radical (unpaired) electrons. The average Bonchev–Trinajstić information content (AvgIpc) is 2.92. The van der Waals surface area contributed by atoms with Gasteiger partial charge in [0.2, 0.25) is 11.8 Å². The fraction of sp³-hybridized carbons (Fsp3) is 0.474. The third-order valence-electron chi connectivity index (χ3n) is 5.07. The second kappa shape index (κ2) is 6.88. The molecule has 2 aromatic rings. The topological polar surface area (TPSA) is 74.6 Å². The second-order valence-electron chi connectivity index (χ2n) is 7.04. The van der Waals surface area contributed by atoms with Crippen LogP contribution in [0.3, 0.4) is 0 Å². The van der Waals surface area contributed by atoms with Crippen molar-refractivity contribution in [2.24, 2.45) is 13.0 Å². The molecule has 3 atom stereocenters. The highest BCUT2D eigenvalue weighted by atomic mass is 16.3. The number of para-hydroxylation sites is 1. The third-order valence-corrected chi connectivity index (χ3v) is 5.07. The summed E-state index contributed by atoms with van der Waals surface area (Å²) < 4.78 is 2.04.